The second-order valence-electron chi connectivity index (χ2n) is 9.44. The van der Waals surface area contributed by atoms with Gasteiger partial charge < -0.3 is 18.9 Å². The number of halogens is 3. The summed E-state index contributed by atoms with van der Waals surface area (Å²) in [5.74, 6) is -4.30. The fourth-order valence-corrected chi connectivity index (χ4v) is 4.32. The standard InChI is InChI=1S/C30H31F3N2O6/c31-30(32,33)29(37)35-34-28(36)24-19-39-25(20-38-16-21-10-4-1-5-11-21)27(41-18-23-14-8-3-9-15-23)26(24)40-17-22-12-6-2-7-13-22/h1-15,24-27H,16-20H2,(H,34,36)(H,35,37)/t24?,25-,26-,27+/m1/s1. The number of benzene rings is 3. The molecule has 0 aliphatic carbocycles. The van der Waals surface area contributed by atoms with Crippen LogP contribution in [0.3, 0.4) is 0 Å². The van der Waals surface area contributed by atoms with Crippen LogP contribution < -0.4 is 10.9 Å². The van der Waals surface area contributed by atoms with Gasteiger partial charge in [0.15, 0.2) is 0 Å². The molecule has 8 nitrogen and oxygen atoms in total. The first-order valence-electron chi connectivity index (χ1n) is 13.0. The monoisotopic (exact) mass is 572 g/mol. The molecular formula is C30H31F3N2O6. The van der Waals surface area contributed by atoms with Crippen molar-refractivity contribution in [2.75, 3.05) is 13.2 Å². The summed E-state index contributed by atoms with van der Waals surface area (Å²) in [5.41, 5.74) is 5.91. The summed E-state index contributed by atoms with van der Waals surface area (Å²) < 4.78 is 62.5. The van der Waals surface area contributed by atoms with Crippen molar-refractivity contribution in [2.24, 2.45) is 5.92 Å². The zero-order chi connectivity index (χ0) is 29.1. The highest BCUT2D eigenvalue weighted by molar-refractivity contribution is 5.86. The van der Waals surface area contributed by atoms with Gasteiger partial charge in [0.1, 0.15) is 18.3 Å². The number of ether oxygens (including phenoxy) is 4. The van der Waals surface area contributed by atoms with Gasteiger partial charge in [-0.2, -0.15) is 13.2 Å². The smallest absolute Gasteiger partial charge is 0.374 e. The van der Waals surface area contributed by atoms with Gasteiger partial charge in [-0.15, -0.1) is 0 Å². The Balaban J connectivity index is 1.53. The van der Waals surface area contributed by atoms with Gasteiger partial charge >= 0.3 is 12.1 Å². The Kier molecular flexibility index (Phi) is 10.9. The molecule has 0 aromatic heterocycles. The first-order chi connectivity index (χ1) is 19.8. The van der Waals surface area contributed by atoms with E-state index in [4.69, 9.17) is 18.9 Å². The van der Waals surface area contributed by atoms with Gasteiger partial charge in [0, 0.05) is 0 Å². The van der Waals surface area contributed by atoms with Gasteiger partial charge in [-0.3, -0.25) is 20.4 Å². The molecule has 218 valence electrons. The van der Waals surface area contributed by atoms with Crippen LogP contribution in [0, 0.1) is 5.92 Å². The third-order valence-corrected chi connectivity index (χ3v) is 6.43. The van der Waals surface area contributed by atoms with E-state index in [1.54, 1.807) is 0 Å². The molecule has 4 atom stereocenters. The van der Waals surface area contributed by atoms with Gasteiger partial charge in [0.25, 0.3) is 0 Å². The Morgan fingerprint density at radius 2 is 1.22 bits per heavy atom. The first-order valence-corrected chi connectivity index (χ1v) is 13.0. The normalized spacial score (nSPS) is 20.8. The highest BCUT2D eigenvalue weighted by Crippen LogP contribution is 2.29. The van der Waals surface area contributed by atoms with Crippen LogP contribution in [0.15, 0.2) is 91.0 Å². The molecule has 3 aromatic rings. The highest BCUT2D eigenvalue weighted by Gasteiger charge is 2.46. The van der Waals surface area contributed by atoms with Crippen LogP contribution in [0.5, 0.6) is 0 Å². The Hall–Kier alpha value is -3.77. The number of carbonyl (C=O) groups is 2. The predicted molar refractivity (Wildman–Crippen MR) is 142 cm³/mol. The largest absolute Gasteiger partial charge is 0.472 e. The molecule has 1 aliphatic rings. The van der Waals surface area contributed by atoms with E-state index >= 15 is 0 Å². The molecule has 1 unspecified atom stereocenters. The zero-order valence-electron chi connectivity index (χ0n) is 22.1. The molecule has 0 spiro atoms. The van der Waals surface area contributed by atoms with Crippen molar-refractivity contribution in [2.45, 2.75) is 44.3 Å². The molecule has 0 bridgehead atoms. The summed E-state index contributed by atoms with van der Waals surface area (Å²) in [6.45, 7) is 0.493. The van der Waals surface area contributed by atoms with Gasteiger partial charge in [-0.1, -0.05) is 91.0 Å². The maximum absolute atomic E-state index is 13.0. The minimum absolute atomic E-state index is 0.104. The molecule has 2 amide bonds. The highest BCUT2D eigenvalue weighted by atomic mass is 19.4. The number of nitrogens with one attached hydrogen (secondary N) is 2. The van der Waals surface area contributed by atoms with E-state index in [9.17, 15) is 22.8 Å². The molecule has 1 aliphatic heterocycles. The Morgan fingerprint density at radius 3 is 1.73 bits per heavy atom. The number of hydrazine groups is 1. The van der Waals surface area contributed by atoms with Crippen LogP contribution in [0.1, 0.15) is 16.7 Å². The summed E-state index contributed by atoms with van der Waals surface area (Å²) in [5, 5.41) is 0. The van der Waals surface area contributed by atoms with Crippen LogP contribution in [0.2, 0.25) is 0 Å². The summed E-state index contributed by atoms with van der Waals surface area (Å²) >= 11 is 0. The molecule has 3 aromatic carbocycles. The first kappa shape index (κ1) is 30.2. The number of hydrogen-bond acceptors (Lipinski definition) is 6. The SMILES string of the molecule is O=C(NNC(=O)C(F)(F)F)C1CO[C@H](COCc2ccccc2)[C@H](OCc2ccccc2)[C@@H]1OCc1ccccc1. The van der Waals surface area contributed by atoms with Crippen molar-refractivity contribution >= 4 is 11.8 Å². The lowest BCUT2D eigenvalue weighted by atomic mass is 9.91. The fraction of sp³-hybridized carbons (Fsp3) is 0.333. The van der Waals surface area contributed by atoms with Crippen LogP contribution in [0.4, 0.5) is 13.2 Å². The molecule has 41 heavy (non-hydrogen) atoms. The molecule has 1 fully saturated rings. The Bertz CT molecular complexity index is 1230. The predicted octanol–water partition coefficient (Wildman–Crippen LogP) is 4.10. The van der Waals surface area contributed by atoms with Crippen LogP contribution >= 0.6 is 0 Å². The number of rotatable bonds is 11. The zero-order valence-corrected chi connectivity index (χ0v) is 22.1. The second-order valence-corrected chi connectivity index (χ2v) is 9.44. The van der Waals surface area contributed by atoms with Gasteiger partial charge in [-0.25, -0.2) is 0 Å². The van der Waals surface area contributed by atoms with Gasteiger partial charge in [0.05, 0.1) is 39.0 Å². The summed E-state index contributed by atoms with van der Waals surface area (Å²) in [4.78, 5) is 24.3. The average molecular weight is 573 g/mol. The average Bonchev–Trinajstić information content (AvgIpc) is 2.99. The van der Waals surface area contributed by atoms with Crippen LogP contribution in [0.25, 0.3) is 0 Å². The molecule has 2 N–H and O–H groups in total. The van der Waals surface area contributed by atoms with Crippen molar-refractivity contribution < 1.29 is 41.7 Å². The van der Waals surface area contributed by atoms with Crippen molar-refractivity contribution in [3.63, 3.8) is 0 Å². The van der Waals surface area contributed by atoms with E-state index in [-0.39, 0.29) is 26.4 Å². The van der Waals surface area contributed by atoms with Crippen LogP contribution in [-0.4, -0.2) is 49.5 Å². The topological polar surface area (TPSA) is 95.1 Å². The summed E-state index contributed by atoms with van der Waals surface area (Å²) in [6, 6.07) is 28.1. The third-order valence-electron chi connectivity index (χ3n) is 6.43. The van der Waals surface area contributed by atoms with E-state index in [1.807, 2.05) is 96.4 Å². The van der Waals surface area contributed by atoms with E-state index in [0.717, 1.165) is 16.7 Å². The Morgan fingerprint density at radius 1 is 0.732 bits per heavy atom. The quantitative estimate of drug-likeness (QED) is 0.336. The molecule has 11 heteroatoms. The van der Waals surface area contributed by atoms with Gasteiger partial charge in [0.2, 0.25) is 5.91 Å². The molecule has 1 heterocycles. The molecular weight excluding hydrogens is 541 g/mol. The molecule has 0 radical (unpaired) electrons. The van der Waals surface area contributed by atoms with Crippen molar-refractivity contribution in [1.29, 1.82) is 0 Å². The van der Waals surface area contributed by atoms with Crippen LogP contribution in [-0.2, 0) is 48.4 Å². The number of carbonyl (C=O) groups excluding carboxylic acids is 2. The maximum Gasteiger partial charge on any atom is 0.472 e. The lowest BCUT2D eigenvalue weighted by Crippen LogP contribution is -2.60. The second kappa shape index (κ2) is 14.7. The minimum atomic E-state index is -5.16. The van der Waals surface area contributed by atoms with E-state index in [1.165, 1.54) is 5.43 Å². The summed E-state index contributed by atoms with van der Waals surface area (Å²) in [6.07, 6.45) is -7.60. The molecule has 0 saturated carbocycles. The Labute approximate surface area is 235 Å². The van der Waals surface area contributed by atoms with Gasteiger partial charge in [-0.05, 0) is 16.7 Å². The lowest BCUT2D eigenvalue weighted by Gasteiger charge is -2.41. The minimum Gasteiger partial charge on any atom is -0.374 e. The van der Waals surface area contributed by atoms with E-state index < -0.39 is 42.2 Å². The van der Waals surface area contributed by atoms with E-state index in [2.05, 4.69) is 0 Å². The van der Waals surface area contributed by atoms with Crippen molar-refractivity contribution in [3.8, 4) is 0 Å². The number of amides is 2. The number of alkyl halides is 3. The lowest BCUT2D eigenvalue weighted by molar-refractivity contribution is -0.219. The fourth-order valence-electron chi connectivity index (χ4n) is 4.32. The van der Waals surface area contributed by atoms with Crippen molar-refractivity contribution in [1.82, 2.24) is 10.9 Å². The molecule has 1 saturated heterocycles. The van der Waals surface area contributed by atoms with Crippen molar-refractivity contribution in [3.05, 3.63) is 108 Å². The third kappa shape index (κ3) is 9.12. The number of hydrogen-bond donors (Lipinski definition) is 2. The van der Waals surface area contributed by atoms with E-state index in [0.29, 0.717) is 6.61 Å². The summed E-state index contributed by atoms with van der Waals surface area (Å²) in [7, 11) is 0. The maximum atomic E-state index is 13.0. The molecule has 4 rings (SSSR count).